The second-order valence-electron chi connectivity index (χ2n) is 3.03. The summed E-state index contributed by atoms with van der Waals surface area (Å²) in [5.41, 5.74) is 0. The highest BCUT2D eigenvalue weighted by Crippen LogP contribution is 2.10. The molecule has 0 aromatic rings. The predicted octanol–water partition coefficient (Wildman–Crippen LogP) is 1.33. The Balaban J connectivity index is 2.18. The Morgan fingerprint density at radius 1 is 1.56 bits per heavy atom. The number of rotatable bonds is 2. The molecule has 1 heterocycles. The van der Waals surface area contributed by atoms with Crippen LogP contribution in [0.15, 0.2) is 0 Å². The molecule has 2 nitrogen and oxygen atoms in total. The summed E-state index contributed by atoms with van der Waals surface area (Å²) in [6.45, 7) is 6.53. The van der Waals surface area contributed by atoms with Gasteiger partial charge in [0.1, 0.15) is 0 Å². The molecule has 1 N–H and O–H groups in total. The van der Waals surface area contributed by atoms with Gasteiger partial charge in [-0.15, -0.1) is 0 Å². The van der Waals surface area contributed by atoms with Crippen LogP contribution in [-0.2, 0) is 0 Å². The Hall–Kier alpha value is -0.530. The maximum absolute atomic E-state index is 7.46. The molecule has 1 aliphatic heterocycles. The van der Waals surface area contributed by atoms with E-state index in [1.165, 1.54) is 0 Å². The van der Waals surface area contributed by atoms with Crippen molar-refractivity contribution >= 4 is 5.84 Å². The molecule has 0 saturated carbocycles. The molecule has 1 rings (SSSR count). The van der Waals surface area contributed by atoms with E-state index in [1.54, 1.807) is 0 Å². The molecule has 0 aromatic heterocycles. The summed E-state index contributed by atoms with van der Waals surface area (Å²) in [7, 11) is 0. The maximum Gasteiger partial charge on any atom is 0.0961 e. The molecule has 0 amide bonds. The SMILES string of the molecule is CC(C)CC(=N)N1CC1. The van der Waals surface area contributed by atoms with E-state index >= 15 is 0 Å². The lowest BCUT2D eigenvalue weighted by molar-refractivity contribution is 0.642. The Labute approximate surface area is 56.4 Å². The fourth-order valence-corrected chi connectivity index (χ4v) is 0.836. The minimum absolute atomic E-state index is 0.637. The molecule has 0 atom stereocenters. The van der Waals surface area contributed by atoms with E-state index in [0.29, 0.717) is 5.92 Å². The third kappa shape index (κ3) is 2.04. The van der Waals surface area contributed by atoms with E-state index < -0.39 is 0 Å². The molecule has 0 bridgehead atoms. The van der Waals surface area contributed by atoms with Gasteiger partial charge in [-0.2, -0.15) is 0 Å². The van der Waals surface area contributed by atoms with Crippen LogP contribution in [0.25, 0.3) is 0 Å². The van der Waals surface area contributed by atoms with Crippen molar-refractivity contribution in [3.8, 4) is 0 Å². The summed E-state index contributed by atoms with van der Waals surface area (Å²) in [6.07, 6.45) is 0.944. The van der Waals surface area contributed by atoms with Crippen molar-refractivity contribution in [1.82, 2.24) is 4.90 Å². The predicted molar refractivity (Wildman–Crippen MR) is 38.8 cm³/mol. The normalized spacial score (nSPS) is 16.6. The van der Waals surface area contributed by atoms with Crippen LogP contribution in [-0.4, -0.2) is 23.8 Å². The van der Waals surface area contributed by atoms with Gasteiger partial charge in [0.05, 0.1) is 5.84 Å². The fourth-order valence-electron chi connectivity index (χ4n) is 0.836. The van der Waals surface area contributed by atoms with Crippen LogP contribution in [0, 0.1) is 11.3 Å². The molecule has 0 unspecified atom stereocenters. The maximum atomic E-state index is 7.46. The van der Waals surface area contributed by atoms with Crippen molar-refractivity contribution in [2.45, 2.75) is 20.3 Å². The lowest BCUT2D eigenvalue weighted by atomic mass is 10.1. The molecule has 0 aliphatic carbocycles. The van der Waals surface area contributed by atoms with Crippen molar-refractivity contribution in [3.05, 3.63) is 0 Å². The molecule has 52 valence electrons. The minimum atomic E-state index is 0.637. The van der Waals surface area contributed by atoms with E-state index in [2.05, 4.69) is 18.7 Å². The number of hydrogen-bond acceptors (Lipinski definition) is 1. The van der Waals surface area contributed by atoms with Gasteiger partial charge in [-0.3, -0.25) is 5.41 Å². The van der Waals surface area contributed by atoms with E-state index in [4.69, 9.17) is 5.41 Å². The third-order valence-electron chi connectivity index (χ3n) is 1.43. The highest BCUT2D eigenvalue weighted by Gasteiger charge is 2.20. The van der Waals surface area contributed by atoms with Crippen LogP contribution in [0.2, 0.25) is 0 Å². The zero-order valence-corrected chi connectivity index (χ0v) is 6.15. The van der Waals surface area contributed by atoms with Crippen LogP contribution in [0.3, 0.4) is 0 Å². The third-order valence-corrected chi connectivity index (χ3v) is 1.43. The van der Waals surface area contributed by atoms with Crippen LogP contribution < -0.4 is 0 Å². The molecule has 1 aliphatic rings. The zero-order chi connectivity index (χ0) is 6.85. The Kier molecular flexibility index (Phi) is 1.74. The summed E-state index contributed by atoms with van der Waals surface area (Å²) in [6, 6.07) is 0. The molecule has 2 heteroatoms. The highest BCUT2D eigenvalue weighted by atomic mass is 15.3. The zero-order valence-electron chi connectivity index (χ0n) is 6.15. The molecule has 1 fully saturated rings. The molecule has 0 radical (unpaired) electrons. The lowest BCUT2D eigenvalue weighted by Crippen LogP contribution is -2.11. The van der Waals surface area contributed by atoms with Crippen molar-refractivity contribution < 1.29 is 0 Å². The Morgan fingerprint density at radius 3 is 2.44 bits per heavy atom. The van der Waals surface area contributed by atoms with Gasteiger partial charge >= 0.3 is 0 Å². The summed E-state index contributed by atoms with van der Waals surface area (Å²) < 4.78 is 0. The average molecular weight is 126 g/mol. The first-order chi connectivity index (χ1) is 4.20. The van der Waals surface area contributed by atoms with Crippen LogP contribution in [0.4, 0.5) is 0 Å². The summed E-state index contributed by atoms with van der Waals surface area (Å²) in [4.78, 5) is 2.10. The van der Waals surface area contributed by atoms with E-state index in [-0.39, 0.29) is 0 Å². The van der Waals surface area contributed by atoms with Crippen molar-refractivity contribution in [1.29, 1.82) is 5.41 Å². The number of nitrogens with zero attached hydrogens (tertiary/aromatic N) is 1. The van der Waals surface area contributed by atoms with Crippen LogP contribution in [0.5, 0.6) is 0 Å². The van der Waals surface area contributed by atoms with Crippen molar-refractivity contribution in [2.24, 2.45) is 5.92 Å². The molecule has 0 spiro atoms. The monoisotopic (exact) mass is 126 g/mol. The van der Waals surface area contributed by atoms with Crippen LogP contribution in [0.1, 0.15) is 20.3 Å². The second-order valence-corrected chi connectivity index (χ2v) is 3.03. The minimum Gasteiger partial charge on any atom is -0.357 e. The van der Waals surface area contributed by atoms with Gasteiger partial charge in [-0.05, 0) is 5.92 Å². The second kappa shape index (κ2) is 2.38. The van der Waals surface area contributed by atoms with Gasteiger partial charge in [-0.25, -0.2) is 0 Å². The summed E-state index contributed by atoms with van der Waals surface area (Å²) in [5, 5.41) is 7.46. The number of nitrogens with one attached hydrogen (secondary N) is 1. The van der Waals surface area contributed by atoms with Crippen molar-refractivity contribution in [3.63, 3.8) is 0 Å². The Bertz CT molecular complexity index is 114. The smallest absolute Gasteiger partial charge is 0.0961 e. The highest BCUT2D eigenvalue weighted by molar-refractivity contribution is 5.81. The summed E-state index contributed by atoms with van der Waals surface area (Å²) in [5.74, 6) is 1.46. The topological polar surface area (TPSA) is 26.9 Å². The van der Waals surface area contributed by atoms with E-state index in [1.807, 2.05) is 0 Å². The Morgan fingerprint density at radius 2 is 2.11 bits per heavy atom. The van der Waals surface area contributed by atoms with Gasteiger partial charge in [0.25, 0.3) is 0 Å². The van der Waals surface area contributed by atoms with Gasteiger partial charge in [0.2, 0.25) is 0 Å². The fraction of sp³-hybridized carbons (Fsp3) is 0.857. The molecule has 9 heavy (non-hydrogen) atoms. The average Bonchev–Trinajstić information content (AvgIpc) is 2.40. The molecular formula is C7H14N2. The van der Waals surface area contributed by atoms with Crippen LogP contribution >= 0.6 is 0 Å². The van der Waals surface area contributed by atoms with Crippen molar-refractivity contribution in [2.75, 3.05) is 13.1 Å². The lowest BCUT2D eigenvalue weighted by Gasteiger charge is -2.06. The first-order valence-corrected chi connectivity index (χ1v) is 3.52. The van der Waals surface area contributed by atoms with Gasteiger partial charge < -0.3 is 4.90 Å². The van der Waals surface area contributed by atoms with Gasteiger partial charge in [0, 0.05) is 19.5 Å². The standard InChI is InChI=1S/C7H14N2/c1-6(2)5-7(8)9-3-4-9/h6,8H,3-5H2,1-2H3. The molecular weight excluding hydrogens is 112 g/mol. The number of hydrogen-bond donors (Lipinski definition) is 1. The van der Waals surface area contributed by atoms with E-state index in [0.717, 1.165) is 25.3 Å². The largest absolute Gasteiger partial charge is 0.357 e. The summed E-state index contributed by atoms with van der Waals surface area (Å²) >= 11 is 0. The quantitative estimate of drug-likeness (QED) is 0.337. The van der Waals surface area contributed by atoms with Gasteiger partial charge in [0.15, 0.2) is 0 Å². The molecule has 0 aromatic carbocycles. The van der Waals surface area contributed by atoms with Gasteiger partial charge in [-0.1, -0.05) is 13.8 Å². The first-order valence-electron chi connectivity index (χ1n) is 3.52. The first kappa shape index (κ1) is 6.59. The van der Waals surface area contributed by atoms with E-state index in [9.17, 15) is 0 Å². The number of amidine groups is 1. The molecule has 1 saturated heterocycles.